The van der Waals surface area contributed by atoms with E-state index in [0.717, 1.165) is 18.9 Å². The summed E-state index contributed by atoms with van der Waals surface area (Å²) in [4.78, 5) is 24.5. The molecule has 0 saturated carbocycles. The molecule has 2 aliphatic heterocycles. The molecule has 2 aliphatic rings. The Bertz CT molecular complexity index is 693. The molecule has 1 fully saturated rings. The third kappa shape index (κ3) is 3.76. The fourth-order valence-electron chi connectivity index (χ4n) is 3.02. The molecule has 0 radical (unpaired) electrons. The van der Waals surface area contributed by atoms with E-state index < -0.39 is 11.7 Å². The summed E-state index contributed by atoms with van der Waals surface area (Å²) in [6, 6.07) is 2.37. The predicted octanol–water partition coefficient (Wildman–Crippen LogP) is 2.26. The second-order valence-electron chi connectivity index (χ2n) is 6.29. The summed E-state index contributed by atoms with van der Waals surface area (Å²) in [7, 11) is 0. The maximum absolute atomic E-state index is 12.4. The summed E-state index contributed by atoms with van der Waals surface area (Å²) in [5.41, 5.74) is 0.170. The number of allylic oxidation sites excluding steroid dienone is 2. The van der Waals surface area contributed by atoms with Gasteiger partial charge in [-0.05, 0) is 37.5 Å². The van der Waals surface area contributed by atoms with Crippen molar-refractivity contribution in [2.45, 2.75) is 50.9 Å². The van der Waals surface area contributed by atoms with Crippen LogP contribution in [-0.4, -0.2) is 40.3 Å². The maximum Gasteiger partial charge on any atom is 0.342 e. The number of carbonyl (C=O) groups is 2. The molecule has 0 bridgehead atoms. The largest absolute Gasteiger partial charge is 0.508 e. The summed E-state index contributed by atoms with van der Waals surface area (Å²) < 4.78 is 10.9. The van der Waals surface area contributed by atoms with Crippen molar-refractivity contribution in [2.24, 2.45) is 0 Å². The summed E-state index contributed by atoms with van der Waals surface area (Å²) in [5, 5.41) is 19.7. The lowest BCUT2D eigenvalue weighted by atomic mass is 9.99. The van der Waals surface area contributed by atoms with Gasteiger partial charge in [0.2, 0.25) is 0 Å². The van der Waals surface area contributed by atoms with Crippen molar-refractivity contribution in [3.63, 3.8) is 0 Å². The van der Waals surface area contributed by atoms with Crippen LogP contribution in [0.25, 0.3) is 0 Å². The summed E-state index contributed by atoms with van der Waals surface area (Å²) in [5.74, 6) is -1.53. The van der Waals surface area contributed by atoms with E-state index in [1.807, 2.05) is 0 Å². The van der Waals surface area contributed by atoms with Gasteiger partial charge in [0.1, 0.15) is 23.2 Å². The molecule has 24 heavy (non-hydrogen) atoms. The Morgan fingerprint density at radius 3 is 2.75 bits per heavy atom. The Labute approximate surface area is 139 Å². The minimum absolute atomic E-state index is 0.0627. The molecule has 1 saturated heterocycles. The first-order chi connectivity index (χ1) is 11.4. The molecule has 2 heterocycles. The minimum Gasteiger partial charge on any atom is -0.508 e. The fraction of sp³-hybridized carbons (Fsp3) is 0.444. The van der Waals surface area contributed by atoms with Gasteiger partial charge >= 0.3 is 5.97 Å². The first-order valence-corrected chi connectivity index (χ1v) is 8.04. The van der Waals surface area contributed by atoms with Gasteiger partial charge in [0.25, 0.3) is 0 Å². The van der Waals surface area contributed by atoms with Crippen molar-refractivity contribution >= 4 is 11.8 Å². The summed E-state index contributed by atoms with van der Waals surface area (Å²) in [6.07, 6.45) is 5.14. The molecule has 0 aliphatic carbocycles. The Kier molecular flexibility index (Phi) is 4.57. The first-order valence-electron chi connectivity index (χ1n) is 8.04. The Morgan fingerprint density at radius 2 is 1.96 bits per heavy atom. The molecule has 1 aromatic rings. The van der Waals surface area contributed by atoms with Crippen molar-refractivity contribution in [3.05, 3.63) is 35.4 Å². The van der Waals surface area contributed by atoms with E-state index in [-0.39, 0.29) is 47.4 Å². The number of hydrogen-bond acceptors (Lipinski definition) is 6. The van der Waals surface area contributed by atoms with Crippen molar-refractivity contribution in [2.75, 3.05) is 0 Å². The van der Waals surface area contributed by atoms with Gasteiger partial charge in [-0.3, -0.25) is 4.79 Å². The second kappa shape index (κ2) is 6.65. The number of aromatic hydroxyl groups is 2. The minimum atomic E-state index is -0.707. The molecule has 3 rings (SSSR count). The highest BCUT2D eigenvalue weighted by Crippen LogP contribution is 2.33. The Hall–Kier alpha value is -2.34. The van der Waals surface area contributed by atoms with Crippen LogP contribution in [-0.2, 0) is 20.7 Å². The molecule has 0 aromatic heterocycles. The number of esters is 1. The van der Waals surface area contributed by atoms with Gasteiger partial charge in [-0.15, -0.1) is 0 Å². The number of epoxide rings is 1. The van der Waals surface area contributed by atoms with Crippen LogP contribution < -0.4 is 0 Å². The zero-order valence-electron chi connectivity index (χ0n) is 13.4. The van der Waals surface area contributed by atoms with E-state index in [1.54, 1.807) is 13.0 Å². The molecule has 0 spiro atoms. The number of phenols is 2. The number of hydrogen-bond donors (Lipinski definition) is 2. The molecule has 3 atom stereocenters. The SMILES string of the molecule is C[C@H]1C[C@H]2O[C@@H]2CC/C=C\C(=O)Cc2cc(O)cc(O)c2C(=O)O1. The molecular weight excluding hydrogens is 312 g/mol. The molecule has 1 aromatic carbocycles. The zero-order chi connectivity index (χ0) is 17.3. The first kappa shape index (κ1) is 16.5. The van der Waals surface area contributed by atoms with Gasteiger partial charge in [0, 0.05) is 18.9 Å². The summed E-state index contributed by atoms with van der Waals surface area (Å²) >= 11 is 0. The Balaban J connectivity index is 1.92. The highest BCUT2D eigenvalue weighted by Gasteiger charge is 2.39. The van der Waals surface area contributed by atoms with E-state index in [2.05, 4.69) is 0 Å². The highest BCUT2D eigenvalue weighted by atomic mass is 16.6. The van der Waals surface area contributed by atoms with Crippen LogP contribution in [0, 0.1) is 0 Å². The maximum atomic E-state index is 12.4. The van der Waals surface area contributed by atoms with Gasteiger partial charge in [0.05, 0.1) is 12.2 Å². The topological polar surface area (TPSA) is 96.4 Å². The number of cyclic esters (lactones) is 1. The van der Waals surface area contributed by atoms with Crippen LogP contribution >= 0.6 is 0 Å². The molecular formula is C18H20O6. The monoisotopic (exact) mass is 332 g/mol. The van der Waals surface area contributed by atoms with Crippen molar-refractivity contribution in [1.82, 2.24) is 0 Å². The fourth-order valence-corrected chi connectivity index (χ4v) is 3.02. The van der Waals surface area contributed by atoms with Crippen molar-refractivity contribution in [1.29, 1.82) is 0 Å². The molecule has 128 valence electrons. The number of carbonyl (C=O) groups excluding carboxylic acids is 2. The van der Waals surface area contributed by atoms with Gasteiger partial charge < -0.3 is 19.7 Å². The van der Waals surface area contributed by atoms with Crippen molar-refractivity contribution < 1.29 is 29.3 Å². The van der Waals surface area contributed by atoms with Gasteiger partial charge in [-0.1, -0.05) is 6.08 Å². The third-order valence-corrected chi connectivity index (χ3v) is 4.23. The number of ketones is 1. The highest BCUT2D eigenvalue weighted by molar-refractivity contribution is 5.98. The van der Waals surface area contributed by atoms with Crippen LogP contribution in [0.1, 0.15) is 42.1 Å². The normalized spacial score (nSPS) is 29.0. The average molecular weight is 332 g/mol. The lowest BCUT2D eigenvalue weighted by Crippen LogP contribution is -2.19. The van der Waals surface area contributed by atoms with E-state index in [1.165, 1.54) is 12.1 Å². The standard InChI is InChI=1S/C18H20O6/c1-10-6-16-15(24-16)5-3-2-4-12(19)7-11-8-13(20)9-14(21)17(11)18(22)23-10/h2,4,8-10,15-16,20-21H,3,5-7H2,1H3/b4-2-/t10-,15+,16+/m0/s1. The predicted molar refractivity (Wildman–Crippen MR) is 85.0 cm³/mol. The lowest BCUT2D eigenvalue weighted by molar-refractivity contribution is -0.114. The van der Waals surface area contributed by atoms with Gasteiger partial charge in [-0.25, -0.2) is 4.79 Å². The second-order valence-corrected chi connectivity index (χ2v) is 6.29. The Morgan fingerprint density at radius 1 is 1.17 bits per heavy atom. The number of ether oxygens (including phenoxy) is 2. The molecule has 0 unspecified atom stereocenters. The molecule has 6 nitrogen and oxygen atoms in total. The summed E-state index contributed by atoms with van der Waals surface area (Å²) in [6.45, 7) is 1.77. The smallest absolute Gasteiger partial charge is 0.342 e. The van der Waals surface area contributed by atoms with Crippen molar-refractivity contribution in [3.8, 4) is 11.5 Å². The van der Waals surface area contributed by atoms with Crippen LogP contribution in [0.15, 0.2) is 24.3 Å². The quantitative estimate of drug-likeness (QED) is 0.559. The molecule has 6 heteroatoms. The van der Waals surface area contributed by atoms with E-state index in [4.69, 9.17) is 9.47 Å². The van der Waals surface area contributed by atoms with Crippen LogP contribution in [0.5, 0.6) is 11.5 Å². The molecule has 0 amide bonds. The average Bonchev–Trinajstić information content (AvgIpc) is 3.19. The van der Waals surface area contributed by atoms with Crippen LogP contribution in [0.2, 0.25) is 0 Å². The van der Waals surface area contributed by atoms with Crippen LogP contribution in [0.3, 0.4) is 0 Å². The molecule has 2 N–H and O–H groups in total. The van der Waals surface area contributed by atoms with E-state index >= 15 is 0 Å². The van der Waals surface area contributed by atoms with E-state index in [9.17, 15) is 19.8 Å². The third-order valence-electron chi connectivity index (χ3n) is 4.23. The van der Waals surface area contributed by atoms with Gasteiger partial charge in [0.15, 0.2) is 5.78 Å². The number of benzene rings is 1. The lowest BCUT2D eigenvalue weighted by Gasteiger charge is -2.15. The van der Waals surface area contributed by atoms with E-state index in [0.29, 0.717) is 6.42 Å². The zero-order valence-corrected chi connectivity index (χ0v) is 13.4. The number of fused-ring (bicyclic) bond motifs is 2. The number of rotatable bonds is 0. The number of phenolic OH excluding ortho intramolecular Hbond substituents is 2. The van der Waals surface area contributed by atoms with Gasteiger partial charge in [-0.2, -0.15) is 0 Å². The van der Waals surface area contributed by atoms with Crippen LogP contribution in [0.4, 0.5) is 0 Å².